The van der Waals surface area contributed by atoms with E-state index in [0.29, 0.717) is 22.2 Å². The molecule has 0 atom stereocenters. The van der Waals surface area contributed by atoms with Crippen LogP contribution in [0.5, 0.6) is 6.08 Å². The number of nitrogens with zero attached hydrogens (tertiary/aromatic N) is 1. The van der Waals surface area contributed by atoms with Crippen LogP contribution < -0.4 is 4.74 Å². The van der Waals surface area contributed by atoms with E-state index < -0.39 is 8.07 Å². The Morgan fingerprint density at radius 2 is 2.10 bits per heavy atom. The van der Waals surface area contributed by atoms with Gasteiger partial charge in [0.25, 0.3) is 0 Å². The molecule has 1 aromatic heterocycles. The fourth-order valence-corrected chi connectivity index (χ4v) is 2.57. The number of fused-ring (bicyclic) bond motifs is 1. The molecule has 0 aliphatic rings. The van der Waals surface area contributed by atoms with E-state index in [1.165, 1.54) is 12.1 Å². The molecule has 0 saturated carbocycles. The number of hydrogen-bond donors (Lipinski definition) is 0. The van der Waals surface area contributed by atoms with E-state index in [4.69, 9.17) is 13.9 Å². The number of benzene rings is 1. The Morgan fingerprint density at radius 3 is 2.80 bits per heavy atom. The molecule has 20 heavy (non-hydrogen) atoms. The zero-order valence-corrected chi connectivity index (χ0v) is 14.3. The fourth-order valence-electron chi connectivity index (χ4n) is 1.49. The van der Waals surface area contributed by atoms with Crippen molar-refractivity contribution in [3.8, 4) is 6.08 Å². The molecule has 0 fully saturated rings. The summed E-state index contributed by atoms with van der Waals surface area (Å²) in [4.78, 5) is 4.04. The molecule has 4 nitrogen and oxygen atoms in total. The summed E-state index contributed by atoms with van der Waals surface area (Å²) in [5, 5.41) is 0. The minimum Gasteiger partial charge on any atom is -0.423 e. The highest BCUT2D eigenvalue weighted by Crippen LogP contribution is 2.26. The first-order chi connectivity index (χ1) is 9.35. The molecule has 2 rings (SSSR count). The van der Waals surface area contributed by atoms with Crippen LogP contribution in [0.15, 0.2) is 21.0 Å². The summed E-state index contributed by atoms with van der Waals surface area (Å²) in [6.07, 6.45) is 0.0884. The number of oxazole rings is 1. The Hall–Kier alpha value is -0.923. The second-order valence-corrected chi connectivity index (χ2v) is 12.2. The summed E-state index contributed by atoms with van der Waals surface area (Å²) in [7, 11) is -1.09. The minimum absolute atomic E-state index is 0.0843. The molecule has 0 N–H and O–H groups in total. The van der Waals surface area contributed by atoms with Crippen LogP contribution in [0.4, 0.5) is 4.39 Å². The predicted molar refractivity (Wildman–Crippen MR) is 81.3 cm³/mol. The second kappa shape index (κ2) is 6.24. The largest absolute Gasteiger partial charge is 0.423 e. The van der Waals surface area contributed by atoms with Gasteiger partial charge in [-0.15, -0.1) is 0 Å². The van der Waals surface area contributed by atoms with Gasteiger partial charge in [0.2, 0.25) is 0 Å². The van der Waals surface area contributed by atoms with E-state index in [1.54, 1.807) is 0 Å². The lowest BCUT2D eigenvalue weighted by atomic mass is 10.3. The molecule has 0 amide bonds. The quantitative estimate of drug-likeness (QED) is 0.434. The first-order valence-corrected chi connectivity index (χ1v) is 10.8. The molecule has 1 aromatic carbocycles. The van der Waals surface area contributed by atoms with Crippen LogP contribution in [0.1, 0.15) is 0 Å². The van der Waals surface area contributed by atoms with E-state index in [2.05, 4.69) is 40.6 Å². The molecule has 2 aromatic rings. The number of ether oxygens (including phenoxy) is 2. The average Bonchev–Trinajstić information content (AvgIpc) is 2.69. The van der Waals surface area contributed by atoms with Gasteiger partial charge in [-0.2, -0.15) is 4.98 Å². The topological polar surface area (TPSA) is 44.5 Å². The Bertz CT molecular complexity index is 558. The number of halogens is 2. The van der Waals surface area contributed by atoms with Crippen molar-refractivity contribution in [3.63, 3.8) is 0 Å². The van der Waals surface area contributed by atoms with Gasteiger partial charge in [0.1, 0.15) is 11.3 Å². The third kappa shape index (κ3) is 4.29. The van der Waals surface area contributed by atoms with Crippen LogP contribution in [-0.2, 0) is 4.74 Å². The third-order valence-electron chi connectivity index (χ3n) is 2.67. The zero-order chi connectivity index (χ0) is 14.8. The summed E-state index contributed by atoms with van der Waals surface area (Å²) >= 11 is 3.09. The van der Waals surface area contributed by atoms with Gasteiger partial charge < -0.3 is 13.9 Å². The van der Waals surface area contributed by atoms with Gasteiger partial charge in [0.15, 0.2) is 12.4 Å². The van der Waals surface area contributed by atoms with Crippen LogP contribution in [0.3, 0.4) is 0 Å². The van der Waals surface area contributed by atoms with Crippen molar-refractivity contribution in [1.82, 2.24) is 4.98 Å². The van der Waals surface area contributed by atoms with Crippen molar-refractivity contribution in [1.29, 1.82) is 0 Å². The molecule has 0 saturated heterocycles. The molecular formula is C13H17BrFNO3Si. The Balaban J connectivity index is 1.88. The molecule has 7 heteroatoms. The van der Waals surface area contributed by atoms with E-state index >= 15 is 0 Å². The number of aromatic nitrogens is 1. The molecule has 0 aliphatic carbocycles. The highest BCUT2D eigenvalue weighted by Gasteiger charge is 2.13. The Labute approximate surface area is 126 Å². The zero-order valence-electron chi connectivity index (χ0n) is 11.7. The normalized spacial score (nSPS) is 12.1. The molecule has 0 bridgehead atoms. The number of hydrogen-bond acceptors (Lipinski definition) is 4. The smallest absolute Gasteiger partial charge is 0.396 e. The SMILES string of the molecule is C[Si](C)(C)CCOCOc1nc2cc(F)c(Br)cc2o1. The van der Waals surface area contributed by atoms with Crippen LogP contribution in [0.25, 0.3) is 11.1 Å². The lowest BCUT2D eigenvalue weighted by Gasteiger charge is -2.14. The second-order valence-electron chi connectivity index (χ2n) is 5.69. The maximum Gasteiger partial charge on any atom is 0.396 e. The van der Waals surface area contributed by atoms with Gasteiger partial charge in [-0.05, 0) is 22.0 Å². The number of rotatable bonds is 6. The van der Waals surface area contributed by atoms with Gasteiger partial charge in [-0.3, -0.25) is 0 Å². The van der Waals surface area contributed by atoms with Crippen molar-refractivity contribution >= 4 is 35.1 Å². The summed E-state index contributed by atoms with van der Waals surface area (Å²) < 4.78 is 29.7. The molecule has 1 heterocycles. The van der Waals surface area contributed by atoms with E-state index in [1.807, 2.05) is 0 Å². The molecule has 0 unspecified atom stereocenters. The van der Waals surface area contributed by atoms with E-state index in [0.717, 1.165) is 6.04 Å². The maximum absolute atomic E-state index is 13.3. The molecule has 110 valence electrons. The van der Waals surface area contributed by atoms with Crippen LogP contribution >= 0.6 is 15.9 Å². The molecule has 0 spiro atoms. The van der Waals surface area contributed by atoms with Crippen molar-refractivity contribution < 1.29 is 18.3 Å². The predicted octanol–water partition coefficient (Wildman–Crippen LogP) is 4.42. The average molecular weight is 362 g/mol. The Morgan fingerprint density at radius 1 is 1.35 bits per heavy atom. The van der Waals surface area contributed by atoms with Gasteiger partial charge >= 0.3 is 6.08 Å². The minimum atomic E-state index is -1.09. The van der Waals surface area contributed by atoms with Gasteiger partial charge in [-0.25, -0.2) is 4.39 Å². The first-order valence-electron chi connectivity index (χ1n) is 6.31. The van der Waals surface area contributed by atoms with Crippen LogP contribution in [0.2, 0.25) is 25.7 Å². The molecule has 0 radical (unpaired) electrons. The molecular weight excluding hydrogens is 345 g/mol. The summed E-state index contributed by atoms with van der Waals surface area (Å²) in [6.45, 7) is 7.59. The van der Waals surface area contributed by atoms with Gasteiger partial charge in [0, 0.05) is 26.8 Å². The first kappa shape index (κ1) is 15.5. The van der Waals surface area contributed by atoms with E-state index in [9.17, 15) is 4.39 Å². The van der Waals surface area contributed by atoms with Crippen LogP contribution in [0, 0.1) is 5.82 Å². The standard InChI is InChI=1S/C13H17BrFNO3Si/c1-20(2,3)5-4-17-8-18-13-16-11-7-10(15)9(14)6-12(11)19-13/h6-7H,4-5,8H2,1-3H3. The highest BCUT2D eigenvalue weighted by molar-refractivity contribution is 9.10. The van der Waals surface area contributed by atoms with Crippen molar-refractivity contribution in [2.24, 2.45) is 0 Å². The Kier molecular flexibility index (Phi) is 4.82. The monoisotopic (exact) mass is 361 g/mol. The van der Waals surface area contributed by atoms with Crippen molar-refractivity contribution in [2.45, 2.75) is 25.7 Å². The fraction of sp³-hybridized carbons (Fsp3) is 0.462. The highest BCUT2D eigenvalue weighted by atomic mass is 79.9. The van der Waals surface area contributed by atoms with Crippen LogP contribution in [-0.4, -0.2) is 26.5 Å². The van der Waals surface area contributed by atoms with E-state index in [-0.39, 0.29) is 18.7 Å². The summed E-state index contributed by atoms with van der Waals surface area (Å²) in [6, 6.07) is 3.89. The van der Waals surface area contributed by atoms with Gasteiger partial charge in [0.05, 0.1) is 4.47 Å². The summed E-state index contributed by atoms with van der Waals surface area (Å²) in [5.74, 6) is -0.385. The van der Waals surface area contributed by atoms with Crippen molar-refractivity contribution in [2.75, 3.05) is 13.4 Å². The third-order valence-corrected chi connectivity index (χ3v) is 4.98. The lowest BCUT2D eigenvalue weighted by molar-refractivity contribution is 0.00584. The van der Waals surface area contributed by atoms with Crippen molar-refractivity contribution in [3.05, 3.63) is 22.4 Å². The van der Waals surface area contributed by atoms with Gasteiger partial charge in [-0.1, -0.05) is 19.6 Å². The lowest BCUT2D eigenvalue weighted by Crippen LogP contribution is -2.22. The summed E-state index contributed by atoms with van der Waals surface area (Å²) in [5.41, 5.74) is 0.887. The molecule has 0 aliphatic heterocycles. The maximum atomic E-state index is 13.3.